The van der Waals surface area contributed by atoms with E-state index in [-0.39, 0.29) is 18.1 Å². The molecule has 0 radical (unpaired) electrons. The molecule has 9 heteroatoms. The van der Waals surface area contributed by atoms with Gasteiger partial charge in [-0.2, -0.15) is 0 Å². The number of aliphatic hydroxyl groups is 1. The number of ether oxygens (including phenoxy) is 2. The Hall–Kier alpha value is -3.07. The Bertz CT molecular complexity index is 826. The van der Waals surface area contributed by atoms with Crippen LogP contribution in [-0.2, 0) is 16.0 Å². The lowest BCUT2D eigenvalue weighted by atomic mass is 10.1. The van der Waals surface area contributed by atoms with E-state index < -0.39 is 31.1 Å². The van der Waals surface area contributed by atoms with Crippen LogP contribution in [0.4, 0.5) is 8.78 Å². The van der Waals surface area contributed by atoms with Crippen molar-refractivity contribution in [2.45, 2.75) is 25.3 Å². The molecule has 1 heterocycles. The summed E-state index contributed by atoms with van der Waals surface area (Å²) in [7, 11) is 1.29. The van der Waals surface area contributed by atoms with Crippen LogP contribution in [0.3, 0.4) is 0 Å². The molecule has 1 atom stereocenters. The highest BCUT2D eigenvalue weighted by Crippen LogP contribution is 2.18. The number of halogens is 2. The maximum Gasteiger partial charge on any atom is 0.337 e. The number of carbonyl (C=O) groups excluding carboxylic acids is 2. The highest BCUT2D eigenvalue weighted by Gasteiger charge is 2.28. The highest BCUT2D eigenvalue weighted by atomic mass is 19.3. The van der Waals surface area contributed by atoms with Crippen LogP contribution in [0.15, 0.2) is 42.6 Å². The van der Waals surface area contributed by atoms with Crippen molar-refractivity contribution in [2.24, 2.45) is 0 Å². The zero-order valence-corrected chi connectivity index (χ0v) is 16.0. The number of pyridine rings is 1. The predicted molar refractivity (Wildman–Crippen MR) is 99.8 cm³/mol. The van der Waals surface area contributed by atoms with Gasteiger partial charge in [-0.1, -0.05) is 12.1 Å². The van der Waals surface area contributed by atoms with Crippen LogP contribution in [0.2, 0.25) is 0 Å². The van der Waals surface area contributed by atoms with Gasteiger partial charge < -0.3 is 19.9 Å². The molecule has 0 aliphatic carbocycles. The van der Waals surface area contributed by atoms with E-state index in [0.717, 1.165) is 5.56 Å². The molecule has 2 rings (SSSR count). The first kappa shape index (κ1) is 22.2. The molecule has 0 saturated carbocycles. The van der Waals surface area contributed by atoms with Crippen LogP contribution in [0.5, 0.6) is 5.75 Å². The van der Waals surface area contributed by atoms with Crippen LogP contribution < -0.4 is 10.1 Å². The highest BCUT2D eigenvalue weighted by molar-refractivity contribution is 5.89. The second kappa shape index (κ2) is 9.92. The van der Waals surface area contributed by atoms with E-state index in [2.05, 4.69) is 15.0 Å². The predicted octanol–water partition coefficient (Wildman–Crippen LogP) is 2.29. The van der Waals surface area contributed by atoms with E-state index >= 15 is 0 Å². The van der Waals surface area contributed by atoms with Crippen molar-refractivity contribution in [1.29, 1.82) is 0 Å². The Morgan fingerprint density at radius 1 is 1.21 bits per heavy atom. The van der Waals surface area contributed by atoms with Crippen LogP contribution in [-0.4, -0.2) is 48.2 Å². The van der Waals surface area contributed by atoms with Gasteiger partial charge in [0.1, 0.15) is 12.4 Å². The van der Waals surface area contributed by atoms with Gasteiger partial charge in [0.25, 0.3) is 0 Å². The number of alkyl halides is 2. The monoisotopic (exact) mass is 408 g/mol. The Balaban J connectivity index is 1.88. The van der Waals surface area contributed by atoms with E-state index in [4.69, 9.17) is 9.84 Å². The standard InChI is InChI=1S/C20H22F2N2O5/c1-13(17-8-7-16(10-23-17)29-12-20(21,22)11-25)24-18(26)9-14-3-5-15(6-4-14)19(27)28-2/h3-8,10,13,25H,9,11-12H2,1-2H3,(H,24,26). The number of methoxy groups -OCH3 is 1. The van der Waals surface area contributed by atoms with E-state index in [1.54, 1.807) is 37.3 Å². The Morgan fingerprint density at radius 3 is 2.45 bits per heavy atom. The molecule has 2 N–H and O–H groups in total. The molecule has 0 saturated heterocycles. The van der Waals surface area contributed by atoms with Crippen LogP contribution in [0.1, 0.15) is 34.6 Å². The zero-order chi connectivity index (χ0) is 21.4. The molecule has 0 aliphatic heterocycles. The normalized spacial score (nSPS) is 12.2. The molecular formula is C20H22F2N2O5. The summed E-state index contributed by atoms with van der Waals surface area (Å²) in [5.41, 5.74) is 1.65. The number of nitrogens with zero attached hydrogens (tertiary/aromatic N) is 1. The van der Waals surface area contributed by atoms with E-state index in [0.29, 0.717) is 11.3 Å². The van der Waals surface area contributed by atoms with Crippen molar-refractivity contribution in [3.8, 4) is 5.75 Å². The largest absolute Gasteiger partial charge is 0.486 e. The minimum atomic E-state index is -3.32. The maximum absolute atomic E-state index is 13.0. The fourth-order valence-corrected chi connectivity index (χ4v) is 2.40. The molecule has 29 heavy (non-hydrogen) atoms. The number of carbonyl (C=O) groups is 2. The van der Waals surface area contributed by atoms with Gasteiger partial charge in [-0.3, -0.25) is 9.78 Å². The fourth-order valence-electron chi connectivity index (χ4n) is 2.40. The number of rotatable bonds is 9. The van der Waals surface area contributed by atoms with Gasteiger partial charge in [0.05, 0.1) is 37.0 Å². The lowest BCUT2D eigenvalue weighted by Crippen LogP contribution is -2.30. The molecule has 1 amide bonds. The summed E-state index contributed by atoms with van der Waals surface area (Å²) in [5, 5.41) is 11.3. The van der Waals surface area contributed by atoms with Crippen molar-refractivity contribution in [3.63, 3.8) is 0 Å². The molecule has 0 aliphatic rings. The average molecular weight is 408 g/mol. The van der Waals surface area contributed by atoms with E-state index in [1.807, 2.05) is 0 Å². The van der Waals surface area contributed by atoms with Gasteiger partial charge in [0, 0.05) is 0 Å². The van der Waals surface area contributed by atoms with Crippen molar-refractivity contribution < 1.29 is 33.0 Å². The van der Waals surface area contributed by atoms with Gasteiger partial charge in [-0.25, -0.2) is 13.6 Å². The molecule has 1 aromatic heterocycles. The van der Waals surface area contributed by atoms with E-state index in [1.165, 1.54) is 19.4 Å². The first-order chi connectivity index (χ1) is 13.7. The van der Waals surface area contributed by atoms with Gasteiger partial charge in [-0.05, 0) is 36.8 Å². The smallest absolute Gasteiger partial charge is 0.337 e. The number of aromatic nitrogens is 1. The number of amides is 1. The van der Waals surface area contributed by atoms with Crippen LogP contribution >= 0.6 is 0 Å². The fraction of sp³-hybridized carbons (Fsp3) is 0.350. The zero-order valence-electron chi connectivity index (χ0n) is 16.0. The minimum Gasteiger partial charge on any atom is -0.486 e. The van der Waals surface area contributed by atoms with Crippen molar-refractivity contribution in [3.05, 3.63) is 59.4 Å². The second-order valence-electron chi connectivity index (χ2n) is 6.38. The summed E-state index contributed by atoms with van der Waals surface area (Å²) >= 11 is 0. The van der Waals surface area contributed by atoms with Crippen LogP contribution in [0.25, 0.3) is 0 Å². The molecule has 1 unspecified atom stereocenters. The van der Waals surface area contributed by atoms with Gasteiger partial charge in [0.2, 0.25) is 5.91 Å². The SMILES string of the molecule is COC(=O)c1ccc(CC(=O)NC(C)c2ccc(OCC(F)(F)CO)cn2)cc1. The topological polar surface area (TPSA) is 97.8 Å². The van der Waals surface area contributed by atoms with E-state index in [9.17, 15) is 18.4 Å². The van der Waals surface area contributed by atoms with Crippen LogP contribution in [0, 0.1) is 0 Å². The van der Waals surface area contributed by atoms with Gasteiger partial charge >= 0.3 is 11.9 Å². The van der Waals surface area contributed by atoms with Gasteiger partial charge in [-0.15, -0.1) is 0 Å². The first-order valence-corrected chi connectivity index (χ1v) is 8.78. The second-order valence-corrected chi connectivity index (χ2v) is 6.38. The maximum atomic E-state index is 13.0. The summed E-state index contributed by atoms with van der Waals surface area (Å²) in [5.74, 6) is -3.89. The third-order valence-electron chi connectivity index (χ3n) is 4.00. The molecule has 2 aromatic rings. The van der Waals surface area contributed by atoms with Gasteiger partial charge in [0.15, 0.2) is 6.61 Å². The number of hydrogen-bond donors (Lipinski definition) is 2. The number of nitrogens with one attached hydrogen (secondary N) is 1. The molecule has 0 fully saturated rings. The Labute approximate surface area is 166 Å². The summed E-state index contributed by atoms with van der Waals surface area (Å²) in [6, 6.07) is 9.11. The molecule has 0 bridgehead atoms. The Morgan fingerprint density at radius 2 is 1.90 bits per heavy atom. The number of aliphatic hydroxyl groups excluding tert-OH is 1. The minimum absolute atomic E-state index is 0.114. The third kappa shape index (κ3) is 6.79. The average Bonchev–Trinajstić information content (AvgIpc) is 2.72. The molecule has 0 spiro atoms. The summed E-state index contributed by atoms with van der Waals surface area (Å²) in [4.78, 5) is 27.7. The molecule has 1 aromatic carbocycles. The number of hydrogen-bond acceptors (Lipinski definition) is 6. The Kier molecular flexibility index (Phi) is 7.60. The lowest BCUT2D eigenvalue weighted by molar-refractivity contribution is -0.121. The number of esters is 1. The summed E-state index contributed by atoms with van der Waals surface area (Å²) in [6.07, 6.45) is 1.39. The summed E-state index contributed by atoms with van der Waals surface area (Å²) < 4.78 is 35.5. The van der Waals surface area contributed by atoms with Crippen molar-refractivity contribution >= 4 is 11.9 Å². The molecule has 7 nitrogen and oxygen atoms in total. The quantitative estimate of drug-likeness (QED) is 0.618. The van der Waals surface area contributed by atoms with Crippen molar-refractivity contribution in [1.82, 2.24) is 10.3 Å². The van der Waals surface area contributed by atoms with Crippen molar-refractivity contribution in [2.75, 3.05) is 20.3 Å². The number of benzene rings is 1. The first-order valence-electron chi connectivity index (χ1n) is 8.78. The third-order valence-corrected chi connectivity index (χ3v) is 4.00. The lowest BCUT2D eigenvalue weighted by Gasteiger charge is -2.16. The molecular weight excluding hydrogens is 386 g/mol. The molecule has 156 valence electrons. The summed E-state index contributed by atoms with van der Waals surface area (Å²) in [6.45, 7) is -0.514.